The fourth-order valence-electron chi connectivity index (χ4n) is 3.02. The van der Waals surface area contributed by atoms with E-state index in [4.69, 9.17) is 9.47 Å². The molecule has 6 heteroatoms. The number of carbonyl (C=O) groups excluding carboxylic acids is 1. The van der Waals surface area contributed by atoms with Crippen molar-refractivity contribution in [3.8, 4) is 5.75 Å². The summed E-state index contributed by atoms with van der Waals surface area (Å²) in [6, 6.07) is 25.8. The molecule has 4 rings (SSSR count). The van der Waals surface area contributed by atoms with E-state index in [-0.39, 0.29) is 11.6 Å². The molecule has 1 heterocycles. The van der Waals surface area contributed by atoms with Crippen molar-refractivity contribution in [2.24, 2.45) is 0 Å². The first kappa shape index (κ1) is 20.0. The van der Waals surface area contributed by atoms with Gasteiger partial charge in [-0.05, 0) is 41.5 Å². The number of para-hydroxylation sites is 1. The highest BCUT2D eigenvalue weighted by Crippen LogP contribution is 2.28. The molecule has 0 atom stereocenters. The van der Waals surface area contributed by atoms with Crippen molar-refractivity contribution in [2.75, 3.05) is 5.32 Å². The average molecular weight is 413 g/mol. The van der Waals surface area contributed by atoms with Gasteiger partial charge in [0.05, 0.1) is 0 Å². The van der Waals surface area contributed by atoms with Crippen LogP contribution < -0.4 is 10.1 Å². The first-order chi connectivity index (χ1) is 15.1. The first-order valence-electron chi connectivity index (χ1n) is 9.61. The first-order valence-corrected chi connectivity index (χ1v) is 9.61. The van der Waals surface area contributed by atoms with Gasteiger partial charge in [0, 0.05) is 5.69 Å². The molecule has 1 aliphatic rings. The van der Waals surface area contributed by atoms with Crippen molar-refractivity contribution >= 4 is 23.5 Å². The van der Waals surface area contributed by atoms with Crippen molar-refractivity contribution in [3.05, 3.63) is 113 Å². The number of nitrogens with one attached hydrogen (secondary N) is 1. The summed E-state index contributed by atoms with van der Waals surface area (Å²) in [4.78, 5) is 24.2. The minimum absolute atomic E-state index is 0.0613. The fourth-order valence-corrected chi connectivity index (χ4v) is 3.02. The van der Waals surface area contributed by atoms with Crippen LogP contribution in [-0.2, 0) is 20.9 Å². The summed E-state index contributed by atoms with van der Waals surface area (Å²) in [6.07, 6.45) is 1.51. The molecule has 1 aliphatic heterocycles. The van der Waals surface area contributed by atoms with Gasteiger partial charge in [0.1, 0.15) is 12.4 Å². The van der Waals surface area contributed by atoms with E-state index in [0.717, 1.165) is 5.56 Å². The summed E-state index contributed by atoms with van der Waals surface area (Å²) in [6.45, 7) is 0.448. The number of rotatable bonds is 7. The Bertz CT molecular complexity index is 1150. The molecule has 0 aromatic heterocycles. The quantitative estimate of drug-likeness (QED) is 0.435. The largest absolute Gasteiger partial charge is 0.489 e. The van der Waals surface area contributed by atoms with Crippen LogP contribution in [0.1, 0.15) is 11.1 Å². The zero-order valence-corrected chi connectivity index (χ0v) is 16.4. The minimum atomic E-state index is -1.35. The Morgan fingerprint density at radius 1 is 0.935 bits per heavy atom. The Hall–Kier alpha value is -4.32. The number of hydrogen-bond acceptors (Lipinski definition) is 5. The smallest absolute Gasteiger partial charge is 0.345 e. The van der Waals surface area contributed by atoms with Crippen molar-refractivity contribution in [3.63, 3.8) is 0 Å². The normalized spacial score (nSPS) is 14.5. The van der Waals surface area contributed by atoms with Gasteiger partial charge in [0.15, 0.2) is 11.3 Å². The van der Waals surface area contributed by atoms with Crippen LogP contribution in [0.3, 0.4) is 0 Å². The van der Waals surface area contributed by atoms with Crippen molar-refractivity contribution in [1.29, 1.82) is 0 Å². The van der Waals surface area contributed by atoms with Gasteiger partial charge in [-0.15, -0.1) is 0 Å². The van der Waals surface area contributed by atoms with E-state index in [1.165, 1.54) is 6.08 Å². The molecule has 0 spiro atoms. The van der Waals surface area contributed by atoms with Crippen LogP contribution >= 0.6 is 0 Å². The van der Waals surface area contributed by atoms with Crippen LogP contribution in [0, 0.1) is 0 Å². The molecule has 154 valence electrons. The Morgan fingerprint density at radius 2 is 1.58 bits per heavy atom. The SMILES string of the molecule is O=C(O)C1=C(Nc2ccccc2)O/C(=C\c2ccc(OCc3ccccc3)cc2)C1=O. The Balaban J connectivity index is 1.47. The standard InChI is InChI=1S/C25H19NO5/c27-23-21(31-24(22(23)25(28)29)26-19-9-5-2-6-10-19)15-17-11-13-20(14-12-17)30-16-18-7-3-1-4-8-18/h1-15,26H,16H2,(H,28,29)/b21-15-. The van der Waals surface area contributed by atoms with E-state index < -0.39 is 17.3 Å². The van der Waals surface area contributed by atoms with E-state index in [0.29, 0.717) is 23.6 Å². The van der Waals surface area contributed by atoms with Crippen molar-refractivity contribution in [1.82, 2.24) is 0 Å². The third-order valence-corrected chi connectivity index (χ3v) is 4.56. The number of anilines is 1. The highest BCUT2D eigenvalue weighted by molar-refractivity contribution is 6.26. The van der Waals surface area contributed by atoms with Gasteiger partial charge in [0.2, 0.25) is 11.7 Å². The molecule has 6 nitrogen and oxygen atoms in total. The second-order valence-electron chi connectivity index (χ2n) is 6.78. The van der Waals surface area contributed by atoms with E-state index >= 15 is 0 Å². The molecular weight excluding hydrogens is 394 g/mol. The number of ether oxygens (including phenoxy) is 2. The van der Waals surface area contributed by atoms with Gasteiger partial charge in [-0.2, -0.15) is 0 Å². The number of carbonyl (C=O) groups is 2. The summed E-state index contributed by atoms with van der Waals surface area (Å²) in [5, 5.41) is 12.3. The molecule has 0 radical (unpaired) electrons. The summed E-state index contributed by atoms with van der Waals surface area (Å²) < 4.78 is 11.3. The molecule has 0 unspecified atom stereocenters. The van der Waals surface area contributed by atoms with Crippen LogP contribution in [-0.4, -0.2) is 16.9 Å². The monoisotopic (exact) mass is 413 g/mol. The maximum absolute atomic E-state index is 12.6. The molecule has 0 saturated carbocycles. The number of carboxylic acid groups (broad SMARTS) is 1. The van der Waals surface area contributed by atoms with Gasteiger partial charge >= 0.3 is 5.97 Å². The Kier molecular flexibility index (Phi) is 5.80. The second kappa shape index (κ2) is 9.00. The van der Waals surface area contributed by atoms with Crippen molar-refractivity contribution in [2.45, 2.75) is 6.61 Å². The second-order valence-corrected chi connectivity index (χ2v) is 6.78. The average Bonchev–Trinajstić information content (AvgIpc) is 3.09. The fraction of sp³-hybridized carbons (Fsp3) is 0.0400. The van der Waals surface area contributed by atoms with Gasteiger partial charge in [-0.25, -0.2) is 4.79 Å². The number of hydrogen-bond donors (Lipinski definition) is 2. The molecule has 0 aliphatic carbocycles. The van der Waals surface area contributed by atoms with E-state index in [1.54, 1.807) is 48.5 Å². The number of benzene rings is 3. The summed E-state index contributed by atoms with van der Waals surface area (Å²) in [5.74, 6) is -1.51. The van der Waals surface area contributed by atoms with Crippen LogP contribution in [0.2, 0.25) is 0 Å². The number of allylic oxidation sites excluding steroid dienone is 1. The number of Topliss-reactive ketones (excluding diaryl/α,β-unsaturated/α-hetero) is 1. The highest BCUT2D eigenvalue weighted by Gasteiger charge is 2.35. The van der Waals surface area contributed by atoms with E-state index in [1.807, 2.05) is 36.4 Å². The molecule has 3 aromatic rings. The molecule has 0 saturated heterocycles. The summed E-state index contributed by atoms with van der Waals surface area (Å²) >= 11 is 0. The predicted molar refractivity (Wildman–Crippen MR) is 116 cm³/mol. The Labute approximate surface area is 179 Å². The van der Waals surface area contributed by atoms with Crippen LogP contribution in [0.4, 0.5) is 5.69 Å². The lowest BCUT2D eigenvalue weighted by Gasteiger charge is -2.08. The minimum Gasteiger partial charge on any atom is -0.489 e. The third kappa shape index (κ3) is 4.82. The van der Waals surface area contributed by atoms with Crippen LogP contribution in [0.5, 0.6) is 5.75 Å². The summed E-state index contributed by atoms with van der Waals surface area (Å²) in [5.41, 5.74) is 1.92. The maximum atomic E-state index is 12.6. The highest BCUT2D eigenvalue weighted by atomic mass is 16.5. The van der Waals surface area contributed by atoms with E-state index in [2.05, 4.69) is 5.32 Å². The topological polar surface area (TPSA) is 84.9 Å². The van der Waals surface area contributed by atoms with Gasteiger partial charge in [0.25, 0.3) is 0 Å². The van der Waals surface area contributed by atoms with Gasteiger partial charge in [-0.1, -0.05) is 60.7 Å². The molecule has 31 heavy (non-hydrogen) atoms. The summed E-state index contributed by atoms with van der Waals surface area (Å²) in [7, 11) is 0. The lowest BCUT2D eigenvalue weighted by Crippen LogP contribution is -2.12. The Morgan fingerprint density at radius 3 is 2.23 bits per heavy atom. The number of ketones is 1. The number of carboxylic acids is 1. The van der Waals surface area contributed by atoms with E-state index in [9.17, 15) is 14.7 Å². The van der Waals surface area contributed by atoms with Crippen LogP contribution in [0.15, 0.2) is 102 Å². The third-order valence-electron chi connectivity index (χ3n) is 4.56. The molecule has 2 N–H and O–H groups in total. The van der Waals surface area contributed by atoms with Crippen LogP contribution in [0.25, 0.3) is 6.08 Å². The zero-order valence-electron chi connectivity index (χ0n) is 16.4. The maximum Gasteiger partial charge on any atom is 0.345 e. The molecule has 0 fully saturated rings. The van der Waals surface area contributed by atoms with Gasteiger partial charge < -0.3 is 19.9 Å². The number of aliphatic carboxylic acids is 1. The zero-order chi connectivity index (χ0) is 21.6. The molecule has 0 bridgehead atoms. The predicted octanol–water partition coefficient (Wildman–Crippen LogP) is 4.61. The molecule has 3 aromatic carbocycles. The molecule has 0 amide bonds. The van der Waals surface area contributed by atoms with Crippen molar-refractivity contribution < 1.29 is 24.2 Å². The van der Waals surface area contributed by atoms with Gasteiger partial charge in [-0.3, -0.25) is 4.79 Å². The lowest BCUT2D eigenvalue weighted by molar-refractivity contribution is -0.134. The lowest BCUT2D eigenvalue weighted by atomic mass is 10.1. The molecular formula is C25H19NO5.